The van der Waals surface area contributed by atoms with Crippen LogP contribution in [-0.4, -0.2) is 42.5 Å². The fraction of sp³-hybridized carbons (Fsp3) is 0.579. The van der Waals surface area contributed by atoms with E-state index in [1.165, 1.54) is 6.92 Å². The lowest BCUT2D eigenvalue weighted by Crippen LogP contribution is -2.40. The molecule has 1 saturated carbocycles. The Morgan fingerprint density at radius 1 is 1.29 bits per heavy atom. The number of anilines is 1. The number of amides is 2. The standard InChI is InChI=1S/C19H24F3N3O2.ClH/c1-2-25(17(27)19(20,21)22)12-13-4-3-5-14(10-13)24-16(26)15-11-18(15)6-8-23-9-7-18;/h3-5,10,15,23H,2,6-9,11-12H2,1H3,(H,24,26);1H. The number of nitrogens with one attached hydrogen (secondary N) is 2. The third-order valence-corrected chi connectivity index (χ3v) is 5.58. The van der Waals surface area contributed by atoms with Gasteiger partial charge in [0.05, 0.1) is 0 Å². The van der Waals surface area contributed by atoms with Crippen LogP contribution in [0.1, 0.15) is 31.7 Å². The van der Waals surface area contributed by atoms with Gasteiger partial charge in [0, 0.05) is 24.7 Å². The summed E-state index contributed by atoms with van der Waals surface area (Å²) in [5.41, 5.74) is 1.20. The van der Waals surface area contributed by atoms with Gasteiger partial charge < -0.3 is 15.5 Å². The minimum absolute atomic E-state index is 0. The minimum Gasteiger partial charge on any atom is -0.331 e. The SMILES string of the molecule is CCN(Cc1cccc(NC(=O)C2CC23CCNCC3)c1)C(=O)C(F)(F)F.Cl. The summed E-state index contributed by atoms with van der Waals surface area (Å²) in [5.74, 6) is -1.89. The maximum atomic E-state index is 12.7. The molecule has 2 amide bonds. The molecule has 1 spiro atoms. The first-order valence-electron chi connectivity index (χ1n) is 9.22. The summed E-state index contributed by atoms with van der Waals surface area (Å²) in [4.78, 5) is 24.7. The molecule has 1 aliphatic heterocycles. The highest BCUT2D eigenvalue weighted by molar-refractivity contribution is 5.95. The highest BCUT2D eigenvalue weighted by atomic mass is 35.5. The van der Waals surface area contributed by atoms with E-state index in [2.05, 4.69) is 10.6 Å². The molecule has 1 unspecified atom stereocenters. The van der Waals surface area contributed by atoms with E-state index in [1.807, 2.05) is 0 Å². The first-order valence-corrected chi connectivity index (χ1v) is 9.22. The predicted octanol–water partition coefficient (Wildman–Crippen LogP) is 3.35. The second-order valence-electron chi connectivity index (χ2n) is 7.38. The summed E-state index contributed by atoms with van der Waals surface area (Å²) in [5, 5.41) is 6.18. The molecule has 1 saturated heterocycles. The number of halogens is 4. The Morgan fingerprint density at radius 3 is 2.57 bits per heavy atom. The Hall–Kier alpha value is -1.80. The van der Waals surface area contributed by atoms with E-state index in [9.17, 15) is 22.8 Å². The van der Waals surface area contributed by atoms with Crippen molar-refractivity contribution in [1.29, 1.82) is 0 Å². The number of carbonyl (C=O) groups is 2. The summed E-state index contributed by atoms with van der Waals surface area (Å²) >= 11 is 0. The number of carbonyl (C=O) groups excluding carboxylic acids is 2. The van der Waals surface area contributed by atoms with Crippen LogP contribution in [0.4, 0.5) is 18.9 Å². The van der Waals surface area contributed by atoms with E-state index in [4.69, 9.17) is 0 Å². The molecular formula is C19H25ClF3N3O2. The lowest BCUT2D eigenvalue weighted by molar-refractivity contribution is -0.185. The first-order chi connectivity index (χ1) is 12.7. The molecule has 1 atom stereocenters. The molecule has 2 N–H and O–H groups in total. The second-order valence-corrected chi connectivity index (χ2v) is 7.38. The van der Waals surface area contributed by atoms with Crippen LogP contribution in [0.15, 0.2) is 24.3 Å². The van der Waals surface area contributed by atoms with E-state index in [1.54, 1.807) is 24.3 Å². The normalized spacial score (nSPS) is 20.2. The molecule has 9 heteroatoms. The van der Waals surface area contributed by atoms with Crippen molar-refractivity contribution in [2.24, 2.45) is 11.3 Å². The van der Waals surface area contributed by atoms with Crippen LogP contribution < -0.4 is 10.6 Å². The number of benzene rings is 1. The van der Waals surface area contributed by atoms with Crippen molar-refractivity contribution in [3.63, 3.8) is 0 Å². The van der Waals surface area contributed by atoms with Crippen LogP contribution in [0.3, 0.4) is 0 Å². The van der Waals surface area contributed by atoms with Crippen LogP contribution in [0.25, 0.3) is 0 Å². The van der Waals surface area contributed by atoms with Crippen molar-refractivity contribution < 1.29 is 22.8 Å². The fourth-order valence-electron chi connectivity index (χ4n) is 3.90. The Kier molecular flexibility index (Phi) is 6.98. The number of alkyl halides is 3. The van der Waals surface area contributed by atoms with E-state index in [-0.39, 0.29) is 42.7 Å². The van der Waals surface area contributed by atoms with Gasteiger partial charge in [-0.05, 0) is 62.4 Å². The maximum Gasteiger partial charge on any atom is 0.471 e. The second kappa shape index (κ2) is 8.69. The van der Waals surface area contributed by atoms with Crippen molar-refractivity contribution in [3.8, 4) is 0 Å². The van der Waals surface area contributed by atoms with Gasteiger partial charge in [0.1, 0.15) is 0 Å². The molecule has 0 radical (unpaired) electrons. The monoisotopic (exact) mass is 419 g/mol. The summed E-state index contributed by atoms with van der Waals surface area (Å²) in [7, 11) is 0. The molecular weight excluding hydrogens is 395 g/mol. The van der Waals surface area contributed by atoms with Gasteiger partial charge in [-0.2, -0.15) is 13.2 Å². The minimum atomic E-state index is -4.89. The van der Waals surface area contributed by atoms with Crippen LogP contribution in [0.2, 0.25) is 0 Å². The van der Waals surface area contributed by atoms with Crippen molar-refractivity contribution in [2.75, 3.05) is 25.0 Å². The number of hydrogen-bond donors (Lipinski definition) is 2. The molecule has 1 aromatic rings. The zero-order valence-corrected chi connectivity index (χ0v) is 16.5. The molecule has 2 fully saturated rings. The van der Waals surface area contributed by atoms with Gasteiger partial charge in [0.2, 0.25) is 5.91 Å². The topological polar surface area (TPSA) is 61.4 Å². The summed E-state index contributed by atoms with van der Waals surface area (Å²) in [6.07, 6.45) is -2.01. The van der Waals surface area contributed by atoms with E-state index >= 15 is 0 Å². The molecule has 5 nitrogen and oxygen atoms in total. The van der Waals surface area contributed by atoms with Gasteiger partial charge in [-0.3, -0.25) is 9.59 Å². The molecule has 1 aliphatic carbocycles. The number of hydrogen-bond acceptors (Lipinski definition) is 3. The predicted molar refractivity (Wildman–Crippen MR) is 102 cm³/mol. The average Bonchev–Trinajstić information content (AvgIpc) is 3.32. The number of piperidine rings is 1. The van der Waals surface area contributed by atoms with Crippen molar-refractivity contribution in [1.82, 2.24) is 10.2 Å². The highest BCUT2D eigenvalue weighted by Gasteiger charge is 2.57. The number of nitrogens with zero attached hydrogens (tertiary/aromatic N) is 1. The van der Waals surface area contributed by atoms with Crippen molar-refractivity contribution in [2.45, 2.75) is 38.9 Å². The fourth-order valence-corrected chi connectivity index (χ4v) is 3.90. The van der Waals surface area contributed by atoms with Crippen LogP contribution in [-0.2, 0) is 16.1 Å². The quantitative estimate of drug-likeness (QED) is 0.769. The van der Waals surface area contributed by atoms with Gasteiger partial charge in [-0.25, -0.2) is 0 Å². The maximum absolute atomic E-state index is 12.7. The molecule has 156 valence electrons. The van der Waals surface area contributed by atoms with Crippen LogP contribution >= 0.6 is 12.4 Å². The first kappa shape index (κ1) is 22.5. The van der Waals surface area contributed by atoms with Crippen molar-refractivity contribution >= 4 is 29.9 Å². The van der Waals surface area contributed by atoms with Crippen molar-refractivity contribution in [3.05, 3.63) is 29.8 Å². The molecule has 1 aromatic carbocycles. The lowest BCUT2D eigenvalue weighted by Gasteiger charge is -2.23. The zero-order valence-electron chi connectivity index (χ0n) is 15.6. The summed E-state index contributed by atoms with van der Waals surface area (Å²) in [6, 6.07) is 6.65. The van der Waals surface area contributed by atoms with E-state index in [0.717, 1.165) is 37.3 Å². The van der Waals surface area contributed by atoms with Crippen LogP contribution in [0.5, 0.6) is 0 Å². The van der Waals surface area contributed by atoms with E-state index in [0.29, 0.717) is 11.3 Å². The van der Waals surface area contributed by atoms with Gasteiger partial charge >= 0.3 is 12.1 Å². The lowest BCUT2D eigenvalue weighted by atomic mass is 9.92. The molecule has 2 aliphatic rings. The average molecular weight is 420 g/mol. The van der Waals surface area contributed by atoms with Gasteiger partial charge in [-0.1, -0.05) is 12.1 Å². The van der Waals surface area contributed by atoms with E-state index < -0.39 is 12.1 Å². The zero-order chi connectivity index (χ0) is 19.7. The van der Waals surface area contributed by atoms with Crippen LogP contribution in [0, 0.1) is 11.3 Å². The molecule has 28 heavy (non-hydrogen) atoms. The van der Waals surface area contributed by atoms with Gasteiger partial charge in [-0.15, -0.1) is 12.4 Å². The van der Waals surface area contributed by atoms with Gasteiger partial charge in [0.15, 0.2) is 0 Å². The summed E-state index contributed by atoms with van der Waals surface area (Å²) < 4.78 is 38.0. The highest BCUT2D eigenvalue weighted by Crippen LogP contribution is 2.58. The molecule has 0 aromatic heterocycles. The largest absolute Gasteiger partial charge is 0.471 e. The molecule has 1 heterocycles. The molecule has 0 bridgehead atoms. The summed E-state index contributed by atoms with van der Waals surface area (Å²) in [6.45, 7) is 3.16. The Bertz CT molecular complexity index is 721. The van der Waals surface area contributed by atoms with Gasteiger partial charge in [0.25, 0.3) is 0 Å². The molecule has 3 rings (SSSR count). The Morgan fingerprint density at radius 2 is 1.96 bits per heavy atom. The smallest absolute Gasteiger partial charge is 0.331 e. The Balaban J connectivity index is 0.00000280. The third kappa shape index (κ3) is 4.97. The number of rotatable bonds is 5. The third-order valence-electron chi connectivity index (χ3n) is 5.58. The Labute approximate surface area is 168 Å².